The normalized spacial score (nSPS) is 11.0. The molecule has 0 spiro atoms. The van der Waals surface area contributed by atoms with Crippen molar-refractivity contribution in [2.75, 3.05) is 5.32 Å². The molecule has 0 aliphatic heterocycles. The largest absolute Gasteiger partial charge is 0.375 e. The van der Waals surface area contributed by atoms with Gasteiger partial charge in [-0.05, 0) is 6.07 Å². The van der Waals surface area contributed by atoms with Crippen molar-refractivity contribution in [1.29, 1.82) is 0 Å². The Balaban J connectivity index is 1.91. The first kappa shape index (κ1) is 13.5. The maximum Gasteiger partial charge on any atom is 0.152 e. The first-order valence-electron chi connectivity index (χ1n) is 6.35. The van der Waals surface area contributed by atoms with E-state index in [1.54, 1.807) is 11.7 Å². The summed E-state index contributed by atoms with van der Waals surface area (Å²) in [5, 5.41) is 7.85. The van der Waals surface area contributed by atoms with Gasteiger partial charge in [0.1, 0.15) is 11.5 Å². The van der Waals surface area contributed by atoms with Gasteiger partial charge in [-0.2, -0.15) is 5.10 Å². The van der Waals surface area contributed by atoms with Gasteiger partial charge < -0.3 is 5.32 Å². The lowest BCUT2D eigenvalue weighted by molar-refractivity contribution is 0.547. The van der Waals surface area contributed by atoms with Gasteiger partial charge in [-0.15, -0.1) is 0 Å². The monoisotopic (exact) mass is 291 g/mol. The summed E-state index contributed by atoms with van der Waals surface area (Å²) in [6.45, 7) is 0.140. The van der Waals surface area contributed by atoms with Gasteiger partial charge in [-0.25, -0.2) is 13.2 Å². The highest BCUT2D eigenvalue weighted by molar-refractivity contribution is 5.82. The molecule has 0 saturated heterocycles. The number of para-hydroxylation sites is 1. The van der Waals surface area contributed by atoms with Crippen molar-refractivity contribution >= 4 is 16.6 Å². The molecular formula is C15H12F3N3. The standard InChI is InChI=1S/C15H12F3N3/c1-21-14-5-3-2-4-10(14)13(20-21)8-19-15-11(17)6-9(16)7-12(15)18/h2-7,19H,8H2,1H3. The summed E-state index contributed by atoms with van der Waals surface area (Å²) in [4.78, 5) is 0. The van der Waals surface area contributed by atoms with E-state index in [9.17, 15) is 13.2 Å². The van der Waals surface area contributed by atoms with Crippen LogP contribution in [0, 0.1) is 17.5 Å². The highest BCUT2D eigenvalue weighted by Crippen LogP contribution is 2.23. The van der Waals surface area contributed by atoms with E-state index in [2.05, 4.69) is 10.4 Å². The Morgan fingerprint density at radius 1 is 1.10 bits per heavy atom. The van der Waals surface area contributed by atoms with Crippen molar-refractivity contribution in [3.63, 3.8) is 0 Å². The number of aromatic nitrogens is 2. The SMILES string of the molecule is Cn1nc(CNc2c(F)cc(F)cc2F)c2ccccc21. The van der Waals surface area contributed by atoms with Crippen LogP contribution in [0.4, 0.5) is 18.9 Å². The first-order chi connectivity index (χ1) is 10.1. The Morgan fingerprint density at radius 2 is 1.76 bits per heavy atom. The highest BCUT2D eigenvalue weighted by atomic mass is 19.1. The van der Waals surface area contributed by atoms with Crippen LogP contribution in [-0.4, -0.2) is 9.78 Å². The van der Waals surface area contributed by atoms with Crippen molar-refractivity contribution < 1.29 is 13.2 Å². The second-order valence-electron chi connectivity index (χ2n) is 4.69. The Labute approximate surface area is 119 Å². The summed E-state index contributed by atoms with van der Waals surface area (Å²) in [5.41, 5.74) is 1.23. The maximum atomic E-state index is 13.6. The molecular weight excluding hydrogens is 279 g/mol. The minimum absolute atomic E-state index is 0.140. The molecule has 1 aromatic heterocycles. The smallest absolute Gasteiger partial charge is 0.152 e. The first-order valence-corrected chi connectivity index (χ1v) is 6.35. The number of hydrogen-bond donors (Lipinski definition) is 1. The van der Waals surface area contributed by atoms with Crippen LogP contribution in [0.2, 0.25) is 0 Å². The fourth-order valence-electron chi connectivity index (χ4n) is 2.30. The third-order valence-electron chi connectivity index (χ3n) is 3.27. The molecule has 0 saturated carbocycles. The number of nitrogens with zero attached hydrogens (tertiary/aromatic N) is 2. The van der Waals surface area contributed by atoms with Crippen LogP contribution in [0.15, 0.2) is 36.4 Å². The molecule has 0 amide bonds. The molecule has 0 bridgehead atoms. The molecule has 1 heterocycles. The van der Waals surface area contributed by atoms with Crippen molar-refractivity contribution in [3.05, 3.63) is 59.5 Å². The molecule has 108 valence electrons. The molecule has 0 aliphatic rings. The van der Waals surface area contributed by atoms with Crippen LogP contribution < -0.4 is 5.32 Å². The fourth-order valence-corrected chi connectivity index (χ4v) is 2.30. The van der Waals surface area contributed by atoms with Gasteiger partial charge >= 0.3 is 0 Å². The lowest BCUT2D eigenvalue weighted by Gasteiger charge is -2.07. The number of nitrogens with one attached hydrogen (secondary N) is 1. The average Bonchev–Trinajstić information content (AvgIpc) is 2.75. The van der Waals surface area contributed by atoms with E-state index < -0.39 is 17.5 Å². The van der Waals surface area contributed by atoms with E-state index in [1.807, 2.05) is 24.3 Å². The van der Waals surface area contributed by atoms with E-state index in [0.29, 0.717) is 17.8 Å². The molecule has 2 aromatic carbocycles. The summed E-state index contributed by atoms with van der Waals surface area (Å²) in [7, 11) is 1.80. The lowest BCUT2D eigenvalue weighted by Crippen LogP contribution is -2.05. The molecule has 0 fully saturated rings. The third kappa shape index (κ3) is 2.44. The zero-order valence-electron chi connectivity index (χ0n) is 11.2. The second-order valence-corrected chi connectivity index (χ2v) is 4.69. The van der Waals surface area contributed by atoms with Crippen LogP contribution in [0.25, 0.3) is 10.9 Å². The van der Waals surface area contributed by atoms with Gasteiger partial charge in [-0.3, -0.25) is 4.68 Å². The van der Waals surface area contributed by atoms with Crippen LogP contribution in [0.1, 0.15) is 5.69 Å². The molecule has 3 rings (SSSR count). The molecule has 21 heavy (non-hydrogen) atoms. The van der Waals surface area contributed by atoms with Gasteiger partial charge in [0.2, 0.25) is 0 Å². The second kappa shape index (κ2) is 5.12. The van der Waals surface area contributed by atoms with Crippen LogP contribution >= 0.6 is 0 Å². The summed E-state index contributed by atoms with van der Waals surface area (Å²) in [5.74, 6) is -2.88. The molecule has 3 nitrogen and oxygen atoms in total. The number of aryl methyl sites for hydroxylation is 1. The van der Waals surface area contributed by atoms with Crippen molar-refractivity contribution in [2.45, 2.75) is 6.54 Å². The predicted molar refractivity (Wildman–Crippen MR) is 74.4 cm³/mol. The van der Waals surface area contributed by atoms with E-state index in [-0.39, 0.29) is 12.2 Å². The van der Waals surface area contributed by atoms with Crippen molar-refractivity contribution in [2.24, 2.45) is 7.05 Å². The lowest BCUT2D eigenvalue weighted by atomic mass is 10.2. The van der Waals surface area contributed by atoms with Crippen molar-refractivity contribution in [3.8, 4) is 0 Å². The predicted octanol–water partition coefficient (Wildman–Crippen LogP) is 3.60. The zero-order valence-corrected chi connectivity index (χ0v) is 11.2. The molecule has 0 aliphatic carbocycles. The Hall–Kier alpha value is -2.50. The molecule has 0 atom stereocenters. The molecule has 0 radical (unpaired) electrons. The Morgan fingerprint density at radius 3 is 2.48 bits per heavy atom. The van der Waals surface area contributed by atoms with Gasteiger partial charge in [0.15, 0.2) is 11.6 Å². The third-order valence-corrected chi connectivity index (χ3v) is 3.27. The zero-order chi connectivity index (χ0) is 15.0. The molecule has 6 heteroatoms. The van der Waals surface area contributed by atoms with Gasteiger partial charge in [0.25, 0.3) is 0 Å². The van der Waals surface area contributed by atoms with E-state index in [1.165, 1.54) is 0 Å². The van der Waals surface area contributed by atoms with E-state index in [4.69, 9.17) is 0 Å². The summed E-state index contributed by atoms with van der Waals surface area (Å²) in [6.07, 6.45) is 0. The van der Waals surface area contributed by atoms with Crippen molar-refractivity contribution in [1.82, 2.24) is 9.78 Å². The van der Waals surface area contributed by atoms with E-state index in [0.717, 1.165) is 10.9 Å². The Bertz CT molecular complexity index is 788. The summed E-state index contributed by atoms with van der Waals surface area (Å²) < 4.78 is 41.7. The topological polar surface area (TPSA) is 29.9 Å². The Kier molecular flexibility index (Phi) is 3.29. The summed E-state index contributed by atoms with van der Waals surface area (Å²) in [6, 6.07) is 8.83. The minimum Gasteiger partial charge on any atom is -0.375 e. The molecule has 3 aromatic rings. The average molecular weight is 291 g/mol. The van der Waals surface area contributed by atoms with E-state index >= 15 is 0 Å². The number of halogens is 3. The minimum atomic E-state index is -0.965. The van der Waals surface area contributed by atoms with Gasteiger partial charge in [-0.1, -0.05) is 18.2 Å². The fraction of sp³-hybridized carbons (Fsp3) is 0.133. The summed E-state index contributed by atoms with van der Waals surface area (Å²) >= 11 is 0. The van der Waals surface area contributed by atoms with Crippen LogP contribution in [0.3, 0.4) is 0 Å². The number of anilines is 1. The number of fused-ring (bicyclic) bond motifs is 1. The number of benzene rings is 2. The number of hydrogen-bond acceptors (Lipinski definition) is 2. The highest BCUT2D eigenvalue weighted by Gasteiger charge is 2.13. The van der Waals surface area contributed by atoms with Crippen LogP contribution in [-0.2, 0) is 13.6 Å². The number of rotatable bonds is 3. The van der Waals surface area contributed by atoms with Gasteiger partial charge in [0.05, 0.1) is 17.8 Å². The maximum absolute atomic E-state index is 13.6. The quantitative estimate of drug-likeness (QED) is 0.799. The van der Waals surface area contributed by atoms with Crippen LogP contribution in [0.5, 0.6) is 0 Å². The molecule has 0 unspecified atom stereocenters. The van der Waals surface area contributed by atoms with Gasteiger partial charge in [0, 0.05) is 24.6 Å². The molecule has 1 N–H and O–H groups in total.